The molecule has 6 heteroatoms. The lowest BCUT2D eigenvalue weighted by Gasteiger charge is -2.16. The molecule has 1 atom stereocenters. The Kier molecular flexibility index (Phi) is 5.33. The second-order valence-electron chi connectivity index (χ2n) is 6.54. The van der Waals surface area contributed by atoms with E-state index in [1.54, 1.807) is 23.1 Å². The Bertz CT molecular complexity index is 1080. The van der Waals surface area contributed by atoms with Crippen molar-refractivity contribution in [2.45, 2.75) is 13.0 Å². The van der Waals surface area contributed by atoms with Crippen molar-refractivity contribution in [3.05, 3.63) is 103 Å². The minimum absolute atomic E-state index is 0.169. The number of nitrogens with zero attached hydrogens (tertiary/aromatic N) is 3. The maximum atomic E-state index is 12.9. The third-order valence-corrected chi connectivity index (χ3v) is 4.53. The monoisotopic (exact) mass is 384 g/mol. The zero-order valence-corrected chi connectivity index (χ0v) is 15.9. The molecule has 0 spiro atoms. The quantitative estimate of drug-likeness (QED) is 0.529. The number of hydrogen-bond donors (Lipinski definition) is 1. The molecule has 1 amide bonds. The van der Waals surface area contributed by atoms with Crippen molar-refractivity contribution in [2.75, 3.05) is 0 Å². The lowest BCUT2D eigenvalue weighted by molar-refractivity contribution is 0.0937. The predicted octanol–water partition coefficient (Wildman–Crippen LogP) is 4.55. The van der Waals surface area contributed by atoms with E-state index < -0.39 is 0 Å². The molecule has 0 aliphatic heterocycles. The summed E-state index contributed by atoms with van der Waals surface area (Å²) in [6.45, 7) is 1.95. The zero-order valence-electron chi connectivity index (χ0n) is 15.9. The molecule has 0 saturated carbocycles. The van der Waals surface area contributed by atoms with Crippen molar-refractivity contribution in [1.29, 1.82) is 0 Å². The van der Waals surface area contributed by atoms with E-state index in [0.717, 1.165) is 11.3 Å². The van der Waals surface area contributed by atoms with E-state index in [9.17, 15) is 4.79 Å². The van der Waals surface area contributed by atoms with Crippen molar-refractivity contribution < 1.29 is 9.53 Å². The molecule has 144 valence electrons. The number of carbonyl (C=O) groups is 1. The van der Waals surface area contributed by atoms with Gasteiger partial charge in [-0.2, -0.15) is 5.10 Å². The van der Waals surface area contributed by atoms with Crippen LogP contribution in [0.5, 0.6) is 11.5 Å². The molecule has 0 aliphatic carbocycles. The number of amides is 1. The second-order valence-corrected chi connectivity index (χ2v) is 6.54. The minimum Gasteiger partial charge on any atom is -0.457 e. The van der Waals surface area contributed by atoms with Crippen LogP contribution in [0.25, 0.3) is 5.69 Å². The van der Waals surface area contributed by atoms with Gasteiger partial charge in [0, 0.05) is 0 Å². The van der Waals surface area contributed by atoms with Gasteiger partial charge >= 0.3 is 0 Å². The number of carbonyl (C=O) groups excluding carboxylic acids is 1. The highest BCUT2D eigenvalue weighted by Crippen LogP contribution is 2.26. The first-order valence-corrected chi connectivity index (χ1v) is 9.28. The molecule has 29 heavy (non-hydrogen) atoms. The van der Waals surface area contributed by atoms with E-state index in [0.29, 0.717) is 17.1 Å². The van der Waals surface area contributed by atoms with Gasteiger partial charge < -0.3 is 10.1 Å². The Morgan fingerprint density at radius 1 is 0.966 bits per heavy atom. The summed E-state index contributed by atoms with van der Waals surface area (Å²) >= 11 is 0. The van der Waals surface area contributed by atoms with Crippen molar-refractivity contribution in [1.82, 2.24) is 20.1 Å². The first-order chi connectivity index (χ1) is 14.2. The highest BCUT2D eigenvalue weighted by Gasteiger charge is 2.16. The van der Waals surface area contributed by atoms with E-state index >= 15 is 0 Å². The molecule has 4 rings (SSSR count). The van der Waals surface area contributed by atoms with Gasteiger partial charge in [-0.15, -0.1) is 0 Å². The van der Waals surface area contributed by atoms with Crippen LogP contribution in [0.1, 0.15) is 28.9 Å². The number of ether oxygens (including phenoxy) is 1. The molecule has 0 fully saturated rings. The highest BCUT2D eigenvalue weighted by atomic mass is 16.5. The molecular weight excluding hydrogens is 364 g/mol. The summed E-state index contributed by atoms with van der Waals surface area (Å²) in [6.07, 6.45) is 3.13. The molecule has 1 heterocycles. The molecule has 0 aliphatic rings. The van der Waals surface area contributed by atoms with Crippen molar-refractivity contribution in [3.8, 4) is 17.2 Å². The Balaban J connectivity index is 1.48. The summed E-state index contributed by atoms with van der Waals surface area (Å²) in [5.41, 5.74) is 2.39. The van der Waals surface area contributed by atoms with Crippen LogP contribution >= 0.6 is 0 Å². The van der Waals surface area contributed by atoms with Gasteiger partial charge in [-0.25, -0.2) is 9.67 Å². The maximum Gasteiger partial charge on any atom is 0.255 e. The SMILES string of the molecule is CC(NC(=O)c1ccccc1Oc1ccccc1)c1ccc(-n2cncn2)cc1. The van der Waals surface area contributed by atoms with Gasteiger partial charge in [0.25, 0.3) is 5.91 Å². The van der Waals surface area contributed by atoms with Crippen LogP contribution in [0.4, 0.5) is 0 Å². The number of para-hydroxylation sites is 2. The van der Waals surface area contributed by atoms with Gasteiger partial charge in [0.1, 0.15) is 24.2 Å². The highest BCUT2D eigenvalue weighted by molar-refractivity contribution is 5.97. The lowest BCUT2D eigenvalue weighted by atomic mass is 10.1. The molecule has 0 radical (unpaired) electrons. The van der Waals surface area contributed by atoms with Crippen LogP contribution in [-0.2, 0) is 0 Å². The largest absolute Gasteiger partial charge is 0.457 e. The van der Waals surface area contributed by atoms with Crippen LogP contribution in [0, 0.1) is 0 Å². The Morgan fingerprint density at radius 2 is 1.69 bits per heavy atom. The predicted molar refractivity (Wildman–Crippen MR) is 110 cm³/mol. The van der Waals surface area contributed by atoms with E-state index in [1.165, 1.54) is 6.33 Å². The molecule has 0 saturated heterocycles. The molecule has 1 N–H and O–H groups in total. The van der Waals surface area contributed by atoms with Gasteiger partial charge in [0.2, 0.25) is 0 Å². The molecule has 1 aromatic heterocycles. The number of nitrogens with one attached hydrogen (secondary N) is 1. The number of rotatable bonds is 6. The third kappa shape index (κ3) is 4.32. The average molecular weight is 384 g/mol. The Hall–Kier alpha value is -3.93. The fraction of sp³-hybridized carbons (Fsp3) is 0.0870. The van der Waals surface area contributed by atoms with E-state index in [-0.39, 0.29) is 11.9 Å². The van der Waals surface area contributed by atoms with E-state index in [1.807, 2.05) is 73.7 Å². The summed E-state index contributed by atoms with van der Waals surface area (Å²) in [7, 11) is 0. The van der Waals surface area contributed by atoms with Gasteiger partial charge in [-0.1, -0.05) is 42.5 Å². The van der Waals surface area contributed by atoms with Crippen LogP contribution in [0.15, 0.2) is 91.5 Å². The summed E-state index contributed by atoms with van der Waals surface area (Å²) in [5, 5.41) is 7.15. The van der Waals surface area contributed by atoms with Crippen molar-refractivity contribution >= 4 is 5.91 Å². The van der Waals surface area contributed by atoms with Gasteiger partial charge in [0.05, 0.1) is 17.3 Å². The lowest BCUT2D eigenvalue weighted by Crippen LogP contribution is -2.27. The van der Waals surface area contributed by atoms with Crippen molar-refractivity contribution in [3.63, 3.8) is 0 Å². The van der Waals surface area contributed by atoms with Gasteiger partial charge in [-0.3, -0.25) is 4.79 Å². The van der Waals surface area contributed by atoms with E-state index in [4.69, 9.17) is 4.74 Å². The summed E-state index contributed by atoms with van der Waals surface area (Å²) < 4.78 is 7.58. The molecule has 1 unspecified atom stereocenters. The van der Waals surface area contributed by atoms with Crippen LogP contribution < -0.4 is 10.1 Å². The molecule has 3 aromatic carbocycles. The smallest absolute Gasteiger partial charge is 0.255 e. The summed E-state index contributed by atoms with van der Waals surface area (Å²) in [6, 6.07) is 24.3. The first kappa shape index (κ1) is 18.4. The second kappa shape index (κ2) is 8.39. The van der Waals surface area contributed by atoms with E-state index in [2.05, 4.69) is 15.4 Å². The first-order valence-electron chi connectivity index (χ1n) is 9.28. The molecular formula is C23H20N4O2. The Labute approximate surface area is 168 Å². The summed E-state index contributed by atoms with van der Waals surface area (Å²) in [5.74, 6) is 1.01. The van der Waals surface area contributed by atoms with Gasteiger partial charge in [0.15, 0.2) is 0 Å². The normalized spacial score (nSPS) is 11.6. The topological polar surface area (TPSA) is 69.0 Å². The molecule has 4 aromatic rings. The average Bonchev–Trinajstić information content (AvgIpc) is 3.30. The minimum atomic E-state index is -0.190. The maximum absolute atomic E-state index is 12.9. The number of hydrogen-bond acceptors (Lipinski definition) is 4. The van der Waals surface area contributed by atoms with Crippen LogP contribution in [-0.4, -0.2) is 20.7 Å². The number of benzene rings is 3. The van der Waals surface area contributed by atoms with Crippen LogP contribution in [0.3, 0.4) is 0 Å². The fourth-order valence-corrected chi connectivity index (χ4v) is 2.97. The molecule has 6 nitrogen and oxygen atoms in total. The van der Waals surface area contributed by atoms with Crippen LogP contribution in [0.2, 0.25) is 0 Å². The molecule has 0 bridgehead atoms. The number of aromatic nitrogens is 3. The third-order valence-electron chi connectivity index (χ3n) is 4.53. The standard InChI is InChI=1S/C23H20N4O2/c1-17(18-11-13-19(14-12-18)27-16-24-15-25-27)26-23(28)21-9-5-6-10-22(21)29-20-7-3-2-4-8-20/h2-17H,1H3,(H,26,28). The Morgan fingerprint density at radius 3 is 2.41 bits per heavy atom. The van der Waals surface area contributed by atoms with Crippen molar-refractivity contribution in [2.24, 2.45) is 0 Å². The van der Waals surface area contributed by atoms with Gasteiger partial charge in [-0.05, 0) is 48.9 Å². The fourth-order valence-electron chi connectivity index (χ4n) is 2.97. The summed E-state index contributed by atoms with van der Waals surface area (Å²) in [4.78, 5) is 16.8. The zero-order chi connectivity index (χ0) is 20.1.